The van der Waals surface area contributed by atoms with Crippen molar-refractivity contribution in [1.29, 1.82) is 0 Å². The maximum absolute atomic E-state index is 12.7. The van der Waals surface area contributed by atoms with E-state index in [1.807, 2.05) is 56.5 Å². The Morgan fingerprint density at radius 3 is 2.79 bits per heavy atom. The van der Waals surface area contributed by atoms with E-state index in [9.17, 15) is 4.79 Å². The zero-order chi connectivity index (χ0) is 17.1. The number of nitrogens with one attached hydrogen (secondary N) is 1. The number of hydrogen-bond acceptors (Lipinski definition) is 4. The van der Waals surface area contributed by atoms with E-state index in [4.69, 9.17) is 9.47 Å². The fourth-order valence-corrected chi connectivity index (χ4v) is 2.93. The number of nitrogens with zero attached hydrogens (tertiary/aromatic N) is 2. The molecule has 0 spiro atoms. The molecule has 24 heavy (non-hydrogen) atoms. The van der Waals surface area contributed by atoms with Crippen LogP contribution in [0, 0.1) is 0 Å². The number of aromatic nitrogens is 1. The number of fused-ring (bicyclic) bond motifs is 1. The van der Waals surface area contributed by atoms with Crippen LogP contribution in [0.25, 0.3) is 0 Å². The number of aryl methyl sites for hydroxylation is 1. The second-order valence-electron chi connectivity index (χ2n) is 6.13. The first-order valence-corrected chi connectivity index (χ1v) is 8.00. The Hall–Kier alpha value is -2.47. The van der Waals surface area contributed by atoms with E-state index in [1.54, 1.807) is 0 Å². The van der Waals surface area contributed by atoms with Crippen molar-refractivity contribution < 1.29 is 14.3 Å². The minimum absolute atomic E-state index is 0.0203. The van der Waals surface area contributed by atoms with Crippen molar-refractivity contribution in [2.24, 2.45) is 7.05 Å². The van der Waals surface area contributed by atoms with Gasteiger partial charge in [0.2, 0.25) is 12.7 Å². The highest BCUT2D eigenvalue weighted by Gasteiger charge is 2.25. The van der Waals surface area contributed by atoms with Gasteiger partial charge in [-0.05, 0) is 43.9 Å². The molecule has 3 rings (SSSR count). The summed E-state index contributed by atoms with van der Waals surface area (Å²) in [6, 6.07) is 9.34. The largest absolute Gasteiger partial charge is 0.454 e. The van der Waals surface area contributed by atoms with Crippen LogP contribution < -0.4 is 14.8 Å². The SMILES string of the molecule is CN(C)[C@H](C(=O)NCCc1cccn1C)c1ccc2c(c1)OCO2. The lowest BCUT2D eigenvalue weighted by atomic mass is 10.0. The third kappa shape index (κ3) is 3.38. The first-order valence-electron chi connectivity index (χ1n) is 8.00. The van der Waals surface area contributed by atoms with Gasteiger partial charge in [0.25, 0.3) is 0 Å². The summed E-state index contributed by atoms with van der Waals surface area (Å²) >= 11 is 0. The maximum atomic E-state index is 12.7. The Balaban J connectivity index is 1.66. The van der Waals surface area contributed by atoms with E-state index >= 15 is 0 Å². The fourth-order valence-electron chi connectivity index (χ4n) is 2.93. The monoisotopic (exact) mass is 329 g/mol. The lowest BCUT2D eigenvalue weighted by molar-refractivity contribution is -0.125. The molecule has 0 saturated carbocycles. The molecule has 1 aliphatic heterocycles. The number of hydrogen-bond donors (Lipinski definition) is 1. The molecular formula is C18H23N3O3. The summed E-state index contributed by atoms with van der Waals surface area (Å²) in [4.78, 5) is 14.6. The van der Waals surface area contributed by atoms with Gasteiger partial charge in [0.1, 0.15) is 6.04 Å². The van der Waals surface area contributed by atoms with E-state index < -0.39 is 0 Å². The predicted molar refractivity (Wildman–Crippen MR) is 91.1 cm³/mol. The van der Waals surface area contributed by atoms with Crippen LogP contribution in [-0.4, -0.2) is 42.8 Å². The van der Waals surface area contributed by atoms with Crippen LogP contribution in [0.15, 0.2) is 36.5 Å². The number of likely N-dealkylation sites (N-methyl/N-ethyl adjacent to an activating group) is 1. The molecule has 0 unspecified atom stereocenters. The Morgan fingerprint density at radius 1 is 1.29 bits per heavy atom. The summed E-state index contributed by atoms with van der Waals surface area (Å²) in [7, 11) is 5.80. The van der Waals surface area contributed by atoms with Crippen molar-refractivity contribution in [3.63, 3.8) is 0 Å². The van der Waals surface area contributed by atoms with Crippen LogP contribution in [0.4, 0.5) is 0 Å². The second-order valence-corrected chi connectivity index (χ2v) is 6.13. The summed E-state index contributed by atoms with van der Waals surface area (Å²) in [6.07, 6.45) is 2.81. The molecule has 0 fully saturated rings. The van der Waals surface area contributed by atoms with Gasteiger partial charge < -0.3 is 19.4 Å². The maximum Gasteiger partial charge on any atom is 0.241 e. The highest BCUT2D eigenvalue weighted by molar-refractivity contribution is 5.83. The molecule has 1 aromatic carbocycles. The quantitative estimate of drug-likeness (QED) is 0.877. The molecule has 1 aliphatic rings. The van der Waals surface area contributed by atoms with Gasteiger partial charge in [-0.15, -0.1) is 0 Å². The minimum Gasteiger partial charge on any atom is -0.454 e. The molecule has 1 atom stereocenters. The molecule has 128 valence electrons. The predicted octanol–water partition coefficient (Wildman–Crippen LogP) is 1.72. The first kappa shape index (κ1) is 16.4. The number of carbonyl (C=O) groups is 1. The molecule has 0 aliphatic carbocycles. The molecule has 0 saturated heterocycles. The summed E-state index contributed by atoms with van der Waals surface area (Å²) in [5.74, 6) is 1.39. The smallest absolute Gasteiger partial charge is 0.241 e. The Bertz CT molecular complexity index is 724. The van der Waals surface area contributed by atoms with Crippen LogP contribution in [0.3, 0.4) is 0 Å². The molecule has 2 aromatic rings. The van der Waals surface area contributed by atoms with Gasteiger partial charge in [0.15, 0.2) is 11.5 Å². The average molecular weight is 329 g/mol. The summed E-state index contributed by atoms with van der Waals surface area (Å²) < 4.78 is 12.8. The van der Waals surface area contributed by atoms with E-state index in [-0.39, 0.29) is 18.7 Å². The van der Waals surface area contributed by atoms with Gasteiger partial charge in [-0.2, -0.15) is 0 Å². The summed E-state index contributed by atoms with van der Waals surface area (Å²) in [6.45, 7) is 0.833. The number of amides is 1. The molecule has 1 amide bonds. The van der Waals surface area contributed by atoms with E-state index in [0.29, 0.717) is 12.3 Å². The van der Waals surface area contributed by atoms with Gasteiger partial charge >= 0.3 is 0 Å². The molecule has 1 aromatic heterocycles. The van der Waals surface area contributed by atoms with Gasteiger partial charge in [-0.1, -0.05) is 6.07 Å². The highest BCUT2D eigenvalue weighted by atomic mass is 16.7. The second kappa shape index (κ2) is 6.97. The van der Waals surface area contributed by atoms with Gasteiger partial charge in [-0.3, -0.25) is 9.69 Å². The lowest BCUT2D eigenvalue weighted by Gasteiger charge is -2.24. The van der Waals surface area contributed by atoms with Crippen molar-refractivity contribution in [1.82, 2.24) is 14.8 Å². The zero-order valence-corrected chi connectivity index (χ0v) is 14.3. The van der Waals surface area contributed by atoms with Crippen LogP contribution in [0.5, 0.6) is 11.5 Å². The van der Waals surface area contributed by atoms with E-state index in [1.165, 1.54) is 5.69 Å². The molecule has 1 N–H and O–H groups in total. The Morgan fingerprint density at radius 2 is 2.08 bits per heavy atom. The van der Waals surface area contributed by atoms with Crippen molar-refractivity contribution in [3.8, 4) is 11.5 Å². The van der Waals surface area contributed by atoms with Gasteiger partial charge in [0, 0.05) is 31.9 Å². The molecule has 6 nitrogen and oxygen atoms in total. The molecule has 0 radical (unpaired) electrons. The summed E-state index contributed by atoms with van der Waals surface area (Å²) in [5.41, 5.74) is 2.08. The fraction of sp³-hybridized carbons (Fsp3) is 0.389. The van der Waals surface area contributed by atoms with Gasteiger partial charge in [-0.25, -0.2) is 0 Å². The van der Waals surface area contributed by atoms with Crippen molar-refractivity contribution in [3.05, 3.63) is 47.8 Å². The van der Waals surface area contributed by atoms with E-state index in [2.05, 4.69) is 16.0 Å². The number of ether oxygens (including phenoxy) is 2. The third-order valence-corrected chi connectivity index (χ3v) is 4.21. The van der Waals surface area contributed by atoms with Crippen molar-refractivity contribution in [2.45, 2.75) is 12.5 Å². The third-order valence-electron chi connectivity index (χ3n) is 4.21. The van der Waals surface area contributed by atoms with Crippen molar-refractivity contribution in [2.75, 3.05) is 27.4 Å². The molecular weight excluding hydrogens is 306 g/mol. The lowest BCUT2D eigenvalue weighted by Crippen LogP contribution is -2.38. The van der Waals surface area contributed by atoms with Crippen LogP contribution >= 0.6 is 0 Å². The highest BCUT2D eigenvalue weighted by Crippen LogP contribution is 2.35. The minimum atomic E-state index is -0.368. The van der Waals surface area contributed by atoms with Gasteiger partial charge in [0.05, 0.1) is 0 Å². The number of benzene rings is 1. The normalized spacial score (nSPS) is 14.0. The molecule has 2 heterocycles. The summed E-state index contributed by atoms with van der Waals surface area (Å²) in [5, 5.41) is 3.03. The first-order chi connectivity index (χ1) is 11.6. The topological polar surface area (TPSA) is 55.7 Å². The molecule has 0 bridgehead atoms. The molecule has 6 heteroatoms. The zero-order valence-electron chi connectivity index (χ0n) is 14.3. The van der Waals surface area contributed by atoms with Crippen molar-refractivity contribution >= 4 is 5.91 Å². The van der Waals surface area contributed by atoms with Crippen LogP contribution in [-0.2, 0) is 18.3 Å². The van der Waals surface area contributed by atoms with Crippen LogP contribution in [0.2, 0.25) is 0 Å². The number of carbonyl (C=O) groups excluding carboxylic acids is 1. The Kier molecular flexibility index (Phi) is 4.76. The standard InChI is InChI=1S/C18H23N3O3/c1-20(2)17(13-6-7-15-16(11-13)24-12-23-15)18(22)19-9-8-14-5-4-10-21(14)3/h4-7,10-11,17H,8-9,12H2,1-3H3,(H,19,22)/t17-/m0/s1. The Labute approximate surface area is 142 Å². The number of rotatable bonds is 6. The van der Waals surface area contributed by atoms with Crippen LogP contribution in [0.1, 0.15) is 17.3 Å². The average Bonchev–Trinajstić information content (AvgIpc) is 3.16. The van der Waals surface area contributed by atoms with E-state index in [0.717, 1.165) is 17.7 Å².